The van der Waals surface area contributed by atoms with E-state index in [-0.39, 0.29) is 5.56 Å². The smallest absolute Gasteiger partial charge is 0.337 e. The van der Waals surface area contributed by atoms with Crippen LogP contribution >= 0.6 is 0 Å². The molecule has 0 saturated heterocycles. The van der Waals surface area contributed by atoms with E-state index in [1.54, 1.807) is 30.5 Å². The van der Waals surface area contributed by atoms with Crippen LogP contribution in [0.4, 0.5) is 5.69 Å². The number of rotatable bonds is 4. The lowest BCUT2D eigenvalue weighted by Gasteiger charge is -2.04. The molecule has 0 aliphatic heterocycles. The van der Waals surface area contributed by atoms with Crippen molar-refractivity contribution < 1.29 is 9.90 Å². The minimum absolute atomic E-state index is 0.259. The van der Waals surface area contributed by atoms with Crippen LogP contribution < -0.4 is 5.32 Å². The van der Waals surface area contributed by atoms with Crippen molar-refractivity contribution in [2.75, 3.05) is 5.32 Å². The summed E-state index contributed by atoms with van der Waals surface area (Å²) in [6, 6.07) is 16.6. The second-order valence-corrected chi connectivity index (χ2v) is 3.74. The molecule has 2 aromatic carbocycles. The molecule has 0 aromatic heterocycles. The number of aromatic carboxylic acids is 1. The minimum Gasteiger partial charge on any atom is -0.478 e. The SMILES string of the molecule is O=C(O)c1ccccc1NC=Cc1ccccc1. The van der Waals surface area contributed by atoms with E-state index in [1.165, 1.54) is 0 Å². The molecule has 0 radical (unpaired) electrons. The van der Waals surface area contributed by atoms with Gasteiger partial charge in [0.2, 0.25) is 0 Å². The summed E-state index contributed by atoms with van der Waals surface area (Å²) in [6.07, 6.45) is 3.62. The first kappa shape index (κ1) is 11.9. The predicted molar refractivity (Wildman–Crippen MR) is 72.5 cm³/mol. The van der Waals surface area contributed by atoms with Gasteiger partial charge < -0.3 is 10.4 Å². The van der Waals surface area contributed by atoms with Crippen molar-refractivity contribution in [3.05, 3.63) is 71.9 Å². The van der Waals surface area contributed by atoms with E-state index in [0.29, 0.717) is 5.69 Å². The fraction of sp³-hybridized carbons (Fsp3) is 0. The van der Waals surface area contributed by atoms with Crippen LogP contribution in [0.1, 0.15) is 15.9 Å². The number of benzene rings is 2. The number of anilines is 1. The first-order valence-corrected chi connectivity index (χ1v) is 5.58. The summed E-state index contributed by atoms with van der Waals surface area (Å²) in [6.45, 7) is 0. The lowest BCUT2D eigenvalue weighted by atomic mass is 10.2. The third-order valence-electron chi connectivity index (χ3n) is 2.47. The molecule has 3 heteroatoms. The van der Waals surface area contributed by atoms with E-state index < -0.39 is 5.97 Å². The third kappa shape index (κ3) is 2.98. The molecule has 0 spiro atoms. The highest BCUT2D eigenvalue weighted by Gasteiger charge is 2.06. The van der Waals surface area contributed by atoms with Crippen LogP contribution in [-0.2, 0) is 0 Å². The molecule has 0 heterocycles. The first-order chi connectivity index (χ1) is 8.77. The molecule has 0 saturated carbocycles. The average Bonchev–Trinajstić information content (AvgIpc) is 2.40. The summed E-state index contributed by atoms with van der Waals surface area (Å²) in [5.41, 5.74) is 1.89. The number of hydrogen-bond donors (Lipinski definition) is 2. The Morgan fingerprint density at radius 2 is 1.67 bits per heavy atom. The van der Waals surface area contributed by atoms with E-state index in [4.69, 9.17) is 5.11 Å². The normalized spacial score (nSPS) is 10.4. The zero-order valence-corrected chi connectivity index (χ0v) is 9.71. The fourth-order valence-corrected chi connectivity index (χ4v) is 1.59. The number of hydrogen-bond acceptors (Lipinski definition) is 2. The Morgan fingerprint density at radius 3 is 2.39 bits per heavy atom. The molecule has 3 nitrogen and oxygen atoms in total. The molecular weight excluding hydrogens is 226 g/mol. The predicted octanol–water partition coefficient (Wildman–Crippen LogP) is 3.47. The Kier molecular flexibility index (Phi) is 3.76. The van der Waals surface area contributed by atoms with Crippen molar-refractivity contribution in [3.63, 3.8) is 0 Å². The van der Waals surface area contributed by atoms with Crippen LogP contribution in [0.3, 0.4) is 0 Å². The van der Waals surface area contributed by atoms with E-state index >= 15 is 0 Å². The minimum atomic E-state index is -0.939. The van der Waals surface area contributed by atoms with Gasteiger partial charge in [-0.2, -0.15) is 0 Å². The third-order valence-corrected chi connectivity index (χ3v) is 2.47. The van der Waals surface area contributed by atoms with E-state index in [9.17, 15) is 4.79 Å². The Bertz CT molecular complexity index is 562. The Hall–Kier alpha value is -2.55. The van der Waals surface area contributed by atoms with E-state index in [2.05, 4.69) is 5.32 Å². The number of carboxylic acid groups (broad SMARTS) is 1. The molecule has 0 amide bonds. The monoisotopic (exact) mass is 239 g/mol. The number of carboxylic acids is 1. The van der Waals surface area contributed by atoms with Crippen LogP contribution in [0.15, 0.2) is 60.8 Å². The van der Waals surface area contributed by atoms with Gasteiger partial charge in [0.05, 0.1) is 11.3 Å². The van der Waals surface area contributed by atoms with Crippen molar-refractivity contribution >= 4 is 17.7 Å². The zero-order valence-electron chi connectivity index (χ0n) is 9.71. The molecule has 2 N–H and O–H groups in total. The van der Waals surface area contributed by atoms with Gasteiger partial charge in [0.25, 0.3) is 0 Å². The van der Waals surface area contributed by atoms with Crippen molar-refractivity contribution in [1.29, 1.82) is 0 Å². The second kappa shape index (κ2) is 5.68. The molecule has 0 atom stereocenters. The summed E-state index contributed by atoms with van der Waals surface area (Å²) in [5.74, 6) is -0.939. The molecule has 2 aromatic rings. The number of nitrogens with one attached hydrogen (secondary N) is 1. The molecule has 90 valence electrons. The Labute approximate surface area is 105 Å². The molecule has 0 unspecified atom stereocenters. The van der Waals surface area contributed by atoms with Gasteiger partial charge in [0.15, 0.2) is 0 Å². The molecule has 0 aliphatic rings. The van der Waals surface area contributed by atoms with Gasteiger partial charge >= 0.3 is 5.97 Å². The Balaban J connectivity index is 2.11. The summed E-state index contributed by atoms with van der Waals surface area (Å²) in [7, 11) is 0. The van der Waals surface area contributed by atoms with E-state index in [0.717, 1.165) is 5.56 Å². The fourth-order valence-electron chi connectivity index (χ4n) is 1.59. The lowest BCUT2D eigenvalue weighted by molar-refractivity contribution is 0.0698. The van der Waals surface area contributed by atoms with Crippen LogP contribution in [0.5, 0.6) is 0 Å². The molecule has 0 fully saturated rings. The summed E-state index contributed by atoms with van der Waals surface area (Å²) in [4.78, 5) is 11.0. The maximum atomic E-state index is 11.0. The Morgan fingerprint density at radius 1 is 1.00 bits per heavy atom. The highest BCUT2D eigenvalue weighted by atomic mass is 16.4. The van der Waals surface area contributed by atoms with Crippen LogP contribution in [0.2, 0.25) is 0 Å². The maximum absolute atomic E-state index is 11.0. The molecule has 0 bridgehead atoms. The van der Waals surface area contributed by atoms with Gasteiger partial charge in [-0.3, -0.25) is 0 Å². The van der Waals surface area contributed by atoms with Crippen LogP contribution in [0, 0.1) is 0 Å². The number of para-hydroxylation sites is 1. The van der Waals surface area contributed by atoms with Crippen molar-refractivity contribution in [1.82, 2.24) is 0 Å². The molecule has 0 aliphatic carbocycles. The lowest BCUT2D eigenvalue weighted by Crippen LogP contribution is -2.01. The van der Waals surface area contributed by atoms with Gasteiger partial charge in [-0.15, -0.1) is 0 Å². The van der Waals surface area contributed by atoms with Gasteiger partial charge in [-0.05, 0) is 23.8 Å². The van der Waals surface area contributed by atoms with Crippen molar-refractivity contribution in [2.24, 2.45) is 0 Å². The molecule has 18 heavy (non-hydrogen) atoms. The largest absolute Gasteiger partial charge is 0.478 e. The topological polar surface area (TPSA) is 49.3 Å². The quantitative estimate of drug-likeness (QED) is 0.858. The van der Waals surface area contributed by atoms with Gasteiger partial charge in [0, 0.05) is 6.20 Å². The average molecular weight is 239 g/mol. The summed E-state index contributed by atoms with van der Waals surface area (Å²) >= 11 is 0. The standard InChI is InChI=1S/C15H13NO2/c17-15(18)13-8-4-5-9-14(13)16-11-10-12-6-2-1-3-7-12/h1-11,16H,(H,17,18). The molecular formula is C15H13NO2. The summed E-state index contributed by atoms with van der Waals surface area (Å²) in [5, 5.41) is 12.0. The van der Waals surface area contributed by atoms with Gasteiger partial charge in [0.1, 0.15) is 0 Å². The van der Waals surface area contributed by atoms with Crippen LogP contribution in [0.25, 0.3) is 6.08 Å². The second-order valence-electron chi connectivity index (χ2n) is 3.74. The molecule has 2 rings (SSSR count). The van der Waals surface area contributed by atoms with Gasteiger partial charge in [-0.25, -0.2) is 4.79 Å². The highest BCUT2D eigenvalue weighted by Crippen LogP contribution is 2.15. The number of carbonyl (C=O) groups is 1. The summed E-state index contributed by atoms with van der Waals surface area (Å²) < 4.78 is 0. The maximum Gasteiger partial charge on any atom is 0.337 e. The van der Waals surface area contributed by atoms with Crippen molar-refractivity contribution in [3.8, 4) is 0 Å². The van der Waals surface area contributed by atoms with Crippen molar-refractivity contribution in [2.45, 2.75) is 0 Å². The highest BCUT2D eigenvalue weighted by molar-refractivity contribution is 5.94. The zero-order chi connectivity index (χ0) is 12.8. The first-order valence-electron chi connectivity index (χ1n) is 5.58. The van der Waals surface area contributed by atoms with Crippen LogP contribution in [-0.4, -0.2) is 11.1 Å². The van der Waals surface area contributed by atoms with E-state index in [1.807, 2.05) is 36.4 Å². The van der Waals surface area contributed by atoms with Gasteiger partial charge in [-0.1, -0.05) is 42.5 Å².